The molecule has 1 aliphatic carbocycles. The summed E-state index contributed by atoms with van der Waals surface area (Å²) in [4.78, 5) is 40.0. The van der Waals surface area contributed by atoms with Crippen molar-refractivity contribution < 1.29 is 29.1 Å². The van der Waals surface area contributed by atoms with Crippen LogP contribution >= 0.6 is 0 Å². The first kappa shape index (κ1) is 20.9. The van der Waals surface area contributed by atoms with Gasteiger partial charge in [-0.1, -0.05) is 54.5 Å². The summed E-state index contributed by atoms with van der Waals surface area (Å²) in [6, 6.07) is 14.3. The number of carbonyl (C=O) groups is 3. The standard InChI is InChI=1S/C22H20N2O6/c1-2-11-30-24-21(27)19(12-20(25)26)23-22(28)29-13-18-16-9-5-3-7-14(16)15-8-4-6-10-17(15)18/h1,3-10,18-19H,11-13H2,(H,23,28)(H,24,27)(H,25,26). The zero-order valence-corrected chi connectivity index (χ0v) is 16.0. The molecule has 0 bridgehead atoms. The quantitative estimate of drug-likeness (QED) is 0.350. The number of benzene rings is 2. The molecule has 3 rings (SSSR count). The summed E-state index contributed by atoms with van der Waals surface area (Å²) >= 11 is 0. The maximum atomic E-state index is 12.3. The fraction of sp³-hybridized carbons (Fsp3) is 0.227. The number of aliphatic carboxylic acids is 1. The molecule has 0 aliphatic heterocycles. The molecule has 3 N–H and O–H groups in total. The molecule has 8 heteroatoms. The smallest absolute Gasteiger partial charge is 0.407 e. The molecule has 0 saturated carbocycles. The molecule has 2 aromatic carbocycles. The third-order valence-electron chi connectivity index (χ3n) is 4.66. The largest absolute Gasteiger partial charge is 0.481 e. The number of rotatable bonds is 8. The molecule has 2 aromatic rings. The number of amides is 2. The zero-order chi connectivity index (χ0) is 21.5. The normalized spacial score (nSPS) is 12.8. The van der Waals surface area contributed by atoms with Crippen molar-refractivity contribution in [3.8, 4) is 23.5 Å². The Kier molecular flexibility index (Phi) is 6.67. The average Bonchev–Trinajstić information content (AvgIpc) is 3.05. The second-order valence-electron chi connectivity index (χ2n) is 6.58. The van der Waals surface area contributed by atoms with Crippen LogP contribution in [0.5, 0.6) is 0 Å². The van der Waals surface area contributed by atoms with Crippen LogP contribution in [0.2, 0.25) is 0 Å². The van der Waals surface area contributed by atoms with E-state index >= 15 is 0 Å². The van der Waals surface area contributed by atoms with E-state index in [2.05, 4.69) is 16.1 Å². The topological polar surface area (TPSA) is 114 Å². The van der Waals surface area contributed by atoms with Crippen LogP contribution in [-0.4, -0.2) is 42.3 Å². The number of nitrogens with one attached hydrogen (secondary N) is 2. The van der Waals surface area contributed by atoms with Crippen molar-refractivity contribution in [3.05, 3.63) is 59.7 Å². The number of hydrogen-bond acceptors (Lipinski definition) is 5. The first-order chi connectivity index (χ1) is 14.5. The summed E-state index contributed by atoms with van der Waals surface area (Å²) < 4.78 is 5.33. The Labute approximate surface area is 173 Å². The highest BCUT2D eigenvalue weighted by Gasteiger charge is 2.30. The summed E-state index contributed by atoms with van der Waals surface area (Å²) in [7, 11) is 0. The maximum Gasteiger partial charge on any atom is 0.407 e. The third kappa shape index (κ3) is 4.77. The Morgan fingerprint density at radius 3 is 2.23 bits per heavy atom. The Morgan fingerprint density at radius 1 is 1.07 bits per heavy atom. The summed E-state index contributed by atoms with van der Waals surface area (Å²) in [5.41, 5.74) is 6.23. The summed E-state index contributed by atoms with van der Waals surface area (Å²) in [6.07, 6.45) is 3.46. The van der Waals surface area contributed by atoms with Crippen molar-refractivity contribution in [3.63, 3.8) is 0 Å². The second-order valence-corrected chi connectivity index (χ2v) is 6.58. The van der Waals surface area contributed by atoms with Crippen LogP contribution < -0.4 is 10.8 Å². The first-order valence-corrected chi connectivity index (χ1v) is 9.19. The number of hydroxylamine groups is 1. The van der Waals surface area contributed by atoms with Gasteiger partial charge < -0.3 is 15.2 Å². The number of carboxylic acids is 1. The van der Waals surface area contributed by atoms with Gasteiger partial charge in [-0.3, -0.25) is 14.4 Å². The molecule has 0 saturated heterocycles. The second kappa shape index (κ2) is 9.58. The van der Waals surface area contributed by atoms with E-state index < -0.39 is 30.4 Å². The van der Waals surface area contributed by atoms with E-state index in [0.29, 0.717) is 0 Å². The lowest BCUT2D eigenvalue weighted by Gasteiger charge is -2.18. The van der Waals surface area contributed by atoms with E-state index in [1.54, 1.807) is 0 Å². The highest BCUT2D eigenvalue weighted by atomic mass is 16.6. The van der Waals surface area contributed by atoms with Gasteiger partial charge in [-0.2, -0.15) is 0 Å². The minimum absolute atomic E-state index is 0.0366. The van der Waals surface area contributed by atoms with Crippen molar-refractivity contribution in [1.29, 1.82) is 0 Å². The maximum absolute atomic E-state index is 12.3. The molecule has 154 valence electrons. The average molecular weight is 408 g/mol. The van der Waals surface area contributed by atoms with Crippen molar-refractivity contribution in [1.82, 2.24) is 10.8 Å². The SMILES string of the molecule is C#CCONC(=O)C(CC(=O)O)NC(=O)OCC1c2ccccc2-c2ccccc21. The molecule has 8 nitrogen and oxygen atoms in total. The molecule has 1 aliphatic rings. The third-order valence-corrected chi connectivity index (χ3v) is 4.66. The molecule has 0 radical (unpaired) electrons. The zero-order valence-electron chi connectivity index (χ0n) is 16.0. The van der Waals surface area contributed by atoms with Gasteiger partial charge in [0, 0.05) is 5.92 Å². The number of terminal acetylenes is 1. The van der Waals surface area contributed by atoms with Crippen LogP contribution in [0.1, 0.15) is 23.5 Å². The van der Waals surface area contributed by atoms with Crippen molar-refractivity contribution in [2.24, 2.45) is 0 Å². The lowest BCUT2D eigenvalue weighted by molar-refractivity contribution is -0.142. The minimum atomic E-state index is -1.38. The van der Waals surface area contributed by atoms with Gasteiger partial charge in [0.15, 0.2) is 0 Å². The van der Waals surface area contributed by atoms with Crippen LogP contribution in [0.15, 0.2) is 48.5 Å². The predicted molar refractivity (Wildman–Crippen MR) is 107 cm³/mol. The fourth-order valence-corrected chi connectivity index (χ4v) is 3.39. The van der Waals surface area contributed by atoms with Crippen LogP contribution in [0.4, 0.5) is 4.79 Å². The summed E-state index contributed by atoms with van der Waals surface area (Å²) in [6.45, 7) is -0.161. The molecular weight excluding hydrogens is 388 g/mol. The minimum Gasteiger partial charge on any atom is -0.481 e. The van der Waals surface area contributed by atoms with E-state index in [4.69, 9.17) is 16.3 Å². The molecule has 0 spiro atoms. The van der Waals surface area contributed by atoms with Crippen LogP contribution in [0.25, 0.3) is 11.1 Å². The lowest BCUT2D eigenvalue weighted by Crippen LogP contribution is -2.48. The van der Waals surface area contributed by atoms with Gasteiger partial charge in [-0.15, -0.1) is 6.42 Å². The Balaban J connectivity index is 1.65. The number of fused-ring (bicyclic) bond motifs is 3. The van der Waals surface area contributed by atoms with Gasteiger partial charge in [-0.05, 0) is 22.3 Å². The van der Waals surface area contributed by atoms with Crippen molar-refractivity contribution in [2.45, 2.75) is 18.4 Å². The molecule has 1 atom stereocenters. The van der Waals surface area contributed by atoms with Crippen molar-refractivity contribution >= 4 is 18.0 Å². The van der Waals surface area contributed by atoms with Gasteiger partial charge in [-0.25, -0.2) is 10.3 Å². The van der Waals surface area contributed by atoms with E-state index in [9.17, 15) is 14.4 Å². The Morgan fingerprint density at radius 2 is 1.67 bits per heavy atom. The Bertz CT molecular complexity index is 952. The lowest BCUT2D eigenvalue weighted by atomic mass is 9.98. The monoisotopic (exact) mass is 408 g/mol. The van der Waals surface area contributed by atoms with Gasteiger partial charge in [0.2, 0.25) is 0 Å². The van der Waals surface area contributed by atoms with Gasteiger partial charge in [0.1, 0.15) is 19.3 Å². The number of alkyl carbamates (subject to hydrolysis) is 1. The molecular formula is C22H20N2O6. The van der Waals surface area contributed by atoms with Crippen LogP contribution in [-0.2, 0) is 19.2 Å². The van der Waals surface area contributed by atoms with Crippen LogP contribution in [0.3, 0.4) is 0 Å². The summed E-state index contributed by atoms with van der Waals surface area (Å²) in [5, 5.41) is 11.3. The van der Waals surface area contributed by atoms with Gasteiger partial charge in [0.05, 0.1) is 6.42 Å². The molecule has 1 unspecified atom stereocenters. The fourth-order valence-electron chi connectivity index (χ4n) is 3.39. The van der Waals surface area contributed by atoms with E-state index in [1.165, 1.54) is 0 Å². The molecule has 30 heavy (non-hydrogen) atoms. The van der Waals surface area contributed by atoms with Gasteiger partial charge >= 0.3 is 12.1 Å². The van der Waals surface area contributed by atoms with E-state index in [1.807, 2.05) is 54.0 Å². The first-order valence-electron chi connectivity index (χ1n) is 9.19. The molecule has 0 aromatic heterocycles. The highest BCUT2D eigenvalue weighted by molar-refractivity contribution is 5.88. The molecule has 0 heterocycles. The summed E-state index contributed by atoms with van der Waals surface area (Å²) in [5.74, 6) is -0.131. The molecule has 2 amide bonds. The Hall–Kier alpha value is -3.83. The van der Waals surface area contributed by atoms with Crippen LogP contribution in [0, 0.1) is 12.3 Å². The number of ether oxygens (including phenoxy) is 1. The number of hydrogen-bond donors (Lipinski definition) is 3. The number of carboxylic acid groups (broad SMARTS) is 1. The van der Waals surface area contributed by atoms with Gasteiger partial charge in [0.25, 0.3) is 5.91 Å². The number of carbonyl (C=O) groups excluding carboxylic acids is 2. The van der Waals surface area contributed by atoms with E-state index in [-0.39, 0.29) is 19.1 Å². The molecule has 0 fully saturated rings. The van der Waals surface area contributed by atoms with Crippen molar-refractivity contribution in [2.75, 3.05) is 13.2 Å². The predicted octanol–water partition coefficient (Wildman–Crippen LogP) is 2.05. The highest BCUT2D eigenvalue weighted by Crippen LogP contribution is 2.44. The van der Waals surface area contributed by atoms with E-state index in [0.717, 1.165) is 22.3 Å².